The van der Waals surface area contributed by atoms with E-state index in [-0.39, 0.29) is 5.69 Å². The van der Waals surface area contributed by atoms with Gasteiger partial charge in [0.05, 0.1) is 10.5 Å². The smallest absolute Gasteiger partial charge is 0.280 e. The molecule has 0 unspecified atom stereocenters. The fraction of sp³-hybridized carbons (Fsp3) is 0.231. The van der Waals surface area contributed by atoms with Crippen molar-refractivity contribution in [3.8, 4) is 11.4 Å². The number of aromatic nitrogens is 2. The van der Waals surface area contributed by atoms with Gasteiger partial charge in [0, 0.05) is 24.4 Å². The highest BCUT2D eigenvalue weighted by Gasteiger charge is 2.18. The van der Waals surface area contributed by atoms with Crippen molar-refractivity contribution in [1.29, 1.82) is 0 Å². The Labute approximate surface area is 110 Å². The minimum atomic E-state index is -0.424. The van der Waals surface area contributed by atoms with Gasteiger partial charge in [0.15, 0.2) is 5.82 Å². The summed E-state index contributed by atoms with van der Waals surface area (Å²) in [5.74, 6) is 1.04. The summed E-state index contributed by atoms with van der Waals surface area (Å²) in [6, 6.07) is 6.47. The average Bonchev–Trinajstić information content (AvgIpc) is 2.41. The van der Waals surface area contributed by atoms with Crippen molar-refractivity contribution in [2.24, 2.45) is 0 Å². The summed E-state index contributed by atoms with van der Waals surface area (Å²) >= 11 is 0. The van der Waals surface area contributed by atoms with Crippen LogP contribution in [0.4, 0.5) is 11.5 Å². The number of nitrogens with zero attached hydrogens (tertiary/aromatic N) is 3. The molecular formula is C13H14N4O2. The number of aryl methyl sites for hydroxylation is 1. The quantitative estimate of drug-likeness (QED) is 0.676. The number of anilines is 1. The predicted molar refractivity (Wildman–Crippen MR) is 73.1 cm³/mol. The van der Waals surface area contributed by atoms with Gasteiger partial charge < -0.3 is 5.32 Å². The average molecular weight is 258 g/mol. The van der Waals surface area contributed by atoms with Crippen LogP contribution < -0.4 is 5.32 Å². The monoisotopic (exact) mass is 258 g/mol. The van der Waals surface area contributed by atoms with E-state index in [4.69, 9.17) is 0 Å². The molecule has 1 aromatic carbocycles. The molecule has 6 nitrogen and oxygen atoms in total. The first-order valence-electron chi connectivity index (χ1n) is 5.81. The maximum Gasteiger partial charge on any atom is 0.280 e. The Hall–Kier alpha value is -2.50. The van der Waals surface area contributed by atoms with Crippen LogP contribution >= 0.6 is 0 Å². The molecular weight excluding hydrogens is 244 g/mol. The number of benzene rings is 1. The first-order valence-corrected chi connectivity index (χ1v) is 5.81. The summed E-state index contributed by atoms with van der Waals surface area (Å²) in [5.41, 5.74) is 2.16. The normalized spacial score (nSPS) is 10.3. The lowest BCUT2D eigenvalue weighted by molar-refractivity contribution is -0.384. The summed E-state index contributed by atoms with van der Waals surface area (Å²) < 4.78 is 0. The fourth-order valence-electron chi connectivity index (χ4n) is 1.81. The number of hydrogen-bond acceptors (Lipinski definition) is 5. The molecule has 19 heavy (non-hydrogen) atoms. The first kappa shape index (κ1) is 12.9. The molecule has 0 aliphatic heterocycles. The van der Waals surface area contributed by atoms with Crippen LogP contribution in [0.25, 0.3) is 11.4 Å². The van der Waals surface area contributed by atoms with Crippen LogP contribution in [0.5, 0.6) is 0 Å². The van der Waals surface area contributed by atoms with Crippen LogP contribution in [0, 0.1) is 24.0 Å². The second kappa shape index (κ2) is 5.01. The maximum absolute atomic E-state index is 11.0. The van der Waals surface area contributed by atoms with Gasteiger partial charge in [0.1, 0.15) is 5.82 Å². The van der Waals surface area contributed by atoms with Gasteiger partial charge in [-0.3, -0.25) is 10.1 Å². The van der Waals surface area contributed by atoms with Gasteiger partial charge in [0.2, 0.25) is 0 Å². The Morgan fingerprint density at radius 1 is 1.21 bits per heavy atom. The molecule has 1 aromatic heterocycles. The Bertz CT molecular complexity index is 641. The van der Waals surface area contributed by atoms with E-state index < -0.39 is 4.92 Å². The Morgan fingerprint density at radius 2 is 1.89 bits per heavy atom. The van der Waals surface area contributed by atoms with E-state index in [2.05, 4.69) is 15.3 Å². The number of nitrogens with one attached hydrogen (secondary N) is 1. The lowest BCUT2D eigenvalue weighted by Crippen LogP contribution is -2.03. The number of rotatable bonds is 3. The van der Waals surface area contributed by atoms with Gasteiger partial charge in [-0.15, -0.1) is 0 Å². The molecule has 98 valence electrons. The molecule has 0 atom stereocenters. The third-order valence-electron chi connectivity index (χ3n) is 2.97. The largest absolute Gasteiger partial charge is 0.373 e. The van der Waals surface area contributed by atoms with E-state index in [0.717, 1.165) is 11.3 Å². The van der Waals surface area contributed by atoms with Crippen molar-refractivity contribution in [3.05, 3.63) is 45.6 Å². The Morgan fingerprint density at radius 3 is 2.53 bits per heavy atom. The molecule has 0 bridgehead atoms. The van der Waals surface area contributed by atoms with Crippen LogP contribution in [0.1, 0.15) is 11.3 Å². The zero-order valence-corrected chi connectivity index (χ0v) is 11.0. The lowest BCUT2D eigenvalue weighted by atomic mass is 10.1. The van der Waals surface area contributed by atoms with Gasteiger partial charge in [-0.1, -0.05) is 12.1 Å². The summed E-state index contributed by atoms with van der Waals surface area (Å²) in [6.45, 7) is 3.76. The molecule has 0 radical (unpaired) electrons. The minimum Gasteiger partial charge on any atom is -0.373 e. The summed E-state index contributed by atoms with van der Waals surface area (Å²) in [5, 5.41) is 14.0. The first-order chi connectivity index (χ1) is 9.04. The van der Waals surface area contributed by atoms with Crippen molar-refractivity contribution < 1.29 is 4.92 Å². The highest BCUT2D eigenvalue weighted by Crippen LogP contribution is 2.28. The van der Waals surface area contributed by atoms with Gasteiger partial charge in [0.25, 0.3) is 5.69 Å². The molecule has 0 saturated carbocycles. The number of hydrogen-bond donors (Lipinski definition) is 1. The Kier molecular flexibility index (Phi) is 3.41. The van der Waals surface area contributed by atoms with Gasteiger partial charge >= 0.3 is 0 Å². The van der Waals surface area contributed by atoms with Gasteiger partial charge in [-0.2, -0.15) is 0 Å². The molecule has 1 heterocycles. The van der Waals surface area contributed by atoms with Crippen molar-refractivity contribution in [2.45, 2.75) is 13.8 Å². The van der Waals surface area contributed by atoms with Gasteiger partial charge in [-0.25, -0.2) is 9.97 Å². The van der Waals surface area contributed by atoms with Crippen LogP contribution in [0.3, 0.4) is 0 Å². The lowest BCUT2D eigenvalue weighted by Gasteiger charge is -2.09. The number of nitro benzene ring substituents is 1. The molecule has 2 aromatic rings. The summed E-state index contributed by atoms with van der Waals surface area (Å²) in [6.07, 6.45) is 0. The second-order valence-corrected chi connectivity index (χ2v) is 4.13. The third-order valence-corrected chi connectivity index (χ3v) is 2.97. The molecule has 1 N–H and O–H groups in total. The summed E-state index contributed by atoms with van der Waals surface area (Å²) in [7, 11) is 1.76. The molecule has 0 saturated heterocycles. The minimum absolute atomic E-state index is 0.00723. The van der Waals surface area contributed by atoms with Crippen molar-refractivity contribution >= 4 is 11.5 Å². The van der Waals surface area contributed by atoms with Crippen molar-refractivity contribution in [2.75, 3.05) is 12.4 Å². The van der Waals surface area contributed by atoms with Crippen molar-refractivity contribution in [1.82, 2.24) is 9.97 Å². The zero-order valence-electron chi connectivity index (χ0n) is 11.0. The standard InChI is InChI=1S/C13H14N4O2/c1-8-9(2)15-13(16-12(8)14-3)10-6-4-5-7-11(10)17(18)19/h4-7H,1-3H3,(H,14,15,16). The maximum atomic E-state index is 11.0. The molecule has 6 heteroatoms. The molecule has 0 fully saturated rings. The number of nitro groups is 1. The Balaban J connectivity index is 2.66. The SMILES string of the molecule is CNc1nc(-c2ccccc2[N+](=O)[O-])nc(C)c1C. The topological polar surface area (TPSA) is 81.0 Å². The van der Waals surface area contributed by atoms with E-state index in [9.17, 15) is 10.1 Å². The highest BCUT2D eigenvalue weighted by atomic mass is 16.6. The predicted octanol–water partition coefficient (Wildman–Crippen LogP) is 2.71. The van der Waals surface area contributed by atoms with Crippen LogP contribution in [0.2, 0.25) is 0 Å². The highest BCUT2D eigenvalue weighted by molar-refractivity contribution is 5.69. The molecule has 2 rings (SSSR count). The molecule has 0 aliphatic rings. The number of para-hydroxylation sites is 1. The zero-order chi connectivity index (χ0) is 14.0. The van der Waals surface area contributed by atoms with Crippen molar-refractivity contribution in [3.63, 3.8) is 0 Å². The van der Waals surface area contributed by atoms with Gasteiger partial charge in [-0.05, 0) is 19.9 Å². The molecule has 0 spiro atoms. The second-order valence-electron chi connectivity index (χ2n) is 4.13. The fourth-order valence-corrected chi connectivity index (χ4v) is 1.81. The van der Waals surface area contributed by atoms with E-state index >= 15 is 0 Å². The van der Waals surface area contributed by atoms with E-state index in [1.165, 1.54) is 6.07 Å². The molecule has 0 amide bonds. The van der Waals surface area contributed by atoms with Crippen LogP contribution in [-0.4, -0.2) is 21.9 Å². The third kappa shape index (κ3) is 2.37. The van der Waals surface area contributed by atoms with E-state index in [1.54, 1.807) is 25.2 Å². The van der Waals surface area contributed by atoms with E-state index in [1.807, 2.05) is 13.8 Å². The molecule has 0 aliphatic carbocycles. The van der Waals surface area contributed by atoms with Crippen LogP contribution in [0.15, 0.2) is 24.3 Å². The summed E-state index contributed by atoms with van der Waals surface area (Å²) in [4.78, 5) is 19.3. The van der Waals surface area contributed by atoms with Crippen LogP contribution in [-0.2, 0) is 0 Å². The van der Waals surface area contributed by atoms with E-state index in [0.29, 0.717) is 17.2 Å².